The second-order valence-corrected chi connectivity index (χ2v) is 7.40. The van der Waals surface area contributed by atoms with Crippen LogP contribution >= 0.6 is 0 Å². The summed E-state index contributed by atoms with van der Waals surface area (Å²) in [6.45, 7) is 12.0. The van der Waals surface area contributed by atoms with Gasteiger partial charge < -0.3 is 14.5 Å². The normalized spacial score (nSPS) is 17.8. The van der Waals surface area contributed by atoms with Crippen LogP contribution in [0.5, 0.6) is 0 Å². The monoisotopic (exact) mass is 352 g/mol. The van der Waals surface area contributed by atoms with E-state index in [4.69, 9.17) is 9.72 Å². The first-order valence-corrected chi connectivity index (χ1v) is 9.63. The van der Waals surface area contributed by atoms with Crippen LogP contribution in [0.2, 0.25) is 0 Å². The van der Waals surface area contributed by atoms with Crippen molar-refractivity contribution in [1.82, 2.24) is 9.97 Å². The highest BCUT2D eigenvalue weighted by Crippen LogP contribution is 2.27. The van der Waals surface area contributed by atoms with Crippen molar-refractivity contribution in [2.24, 2.45) is 0 Å². The zero-order valence-electron chi connectivity index (χ0n) is 16.1. The average molecular weight is 352 g/mol. The third-order valence-electron chi connectivity index (χ3n) is 5.45. The minimum Gasteiger partial charge on any atom is -0.381 e. The van der Waals surface area contributed by atoms with Crippen LogP contribution in [-0.4, -0.2) is 49.4 Å². The van der Waals surface area contributed by atoms with Crippen molar-refractivity contribution in [2.75, 3.05) is 49.2 Å². The smallest absolute Gasteiger partial charge is 0.135 e. The van der Waals surface area contributed by atoms with Crippen molar-refractivity contribution >= 4 is 11.5 Å². The van der Waals surface area contributed by atoms with Gasteiger partial charge >= 0.3 is 0 Å². The van der Waals surface area contributed by atoms with Crippen LogP contribution in [0.25, 0.3) is 0 Å². The number of rotatable bonds is 2. The van der Waals surface area contributed by atoms with E-state index < -0.39 is 0 Å². The molecule has 1 aromatic heterocycles. The summed E-state index contributed by atoms with van der Waals surface area (Å²) in [6.07, 6.45) is 1.82. The van der Waals surface area contributed by atoms with E-state index in [9.17, 15) is 0 Å². The second kappa shape index (κ2) is 7.23. The van der Waals surface area contributed by atoms with Gasteiger partial charge in [0.25, 0.3) is 0 Å². The number of ether oxygens (including phenoxy) is 1. The first-order chi connectivity index (χ1) is 12.6. The van der Waals surface area contributed by atoms with E-state index in [-0.39, 0.29) is 0 Å². The Morgan fingerprint density at radius 2 is 1.62 bits per heavy atom. The molecule has 1 saturated heterocycles. The Kier molecular flexibility index (Phi) is 4.81. The summed E-state index contributed by atoms with van der Waals surface area (Å²) in [6, 6.07) is 6.73. The molecular formula is C21H28N4O. The molecule has 26 heavy (non-hydrogen) atoms. The highest BCUT2D eigenvalue weighted by Gasteiger charge is 2.24. The molecule has 0 aliphatic carbocycles. The predicted octanol–water partition coefficient (Wildman–Crippen LogP) is 2.84. The zero-order chi connectivity index (χ0) is 18.1. The average Bonchev–Trinajstić information content (AvgIpc) is 2.88. The number of aromatic nitrogens is 2. The van der Waals surface area contributed by atoms with Gasteiger partial charge in [0.05, 0.1) is 18.9 Å². The fourth-order valence-corrected chi connectivity index (χ4v) is 4.03. The summed E-state index contributed by atoms with van der Waals surface area (Å²) < 4.78 is 5.66. The van der Waals surface area contributed by atoms with Crippen LogP contribution in [0.15, 0.2) is 18.2 Å². The first-order valence-electron chi connectivity index (χ1n) is 9.63. The minimum atomic E-state index is 0.767. The lowest BCUT2D eigenvalue weighted by Gasteiger charge is -2.38. The summed E-state index contributed by atoms with van der Waals surface area (Å²) in [7, 11) is 0. The third kappa shape index (κ3) is 3.40. The highest BCUT2D eigenvalue weighted by molar-refractivity contribution is 5.57. The standard InChI is InChI=1S/C21H28N4O/c1-15-4-5-16(2)20(14-15)24-8-10-25(11-9-24)21-18-6-12-26-13-7-19(18)22-17(3)23-21/h4-5,14H,6-13H2,1-3H3. The molecule has 0 atom stereocenters. The maximum absolute atomic E-state index is 5.66. The molecule has 2 aromatic rings. The minimum absolute atomic E-state index is 0.767. The number of benzene rings is 1. The molecular weight excluding hydrogens is 324 g/mol. The van der Waals surface area contributed by atoms with E-state index in [2.05, 4.69) is 46.8 Å². The molecule has 5 nitrogen and oxygen atoms in total. The Bertz CT molecular complexity index is 797. The molecule has 138 valence electrons. The van der Waals surface area contributed by atoms with Crippen molar-refractivity contribution in [3.05, 3.63) is 46.4 Å². The maximum atomic E-state index is 5.66. The van der Waals surface area contributed by atoms with Gasteiger partial charge in [-0.2, -0.15) is 0 Å². The lowest BCUT2D eigenvalue weighted by molar-refractivity contribution is 0.146. The molecule has 0 radical (unpaired) electrons. The van der Waals surface area contributed by atoms with Gasteiger partial charge in [-0.3, -0.25) is 0 Å². The fourth-order valence-electron chi connectivity index (χ4n) is 4.03. The van der Waals surface area contributed by atoms with Crippen LogP contribution in [0, 0.1) is 20.8 Å². The van der Waals surface area contributed by atoms with Gasteiger partial charge in [0.1, 0.15) is 11.6 Å². The molecule has 0 spiro atoms. The number of piperazine rings is 1. The van der Waals surface area contributed by atoms with Crippen molar-refractivity contribution in [3.8, 4) is 0 Å². The van der Waals surface area contributed by atoms with Crippen LogP contribution < -0.4 is 9.80 Å². The van der Waals surface area contributed by atoms with Gasteiger partial charge in [0.2, 0.25) is 0 Å². The Morgan fingerprint density at radius 1 is 0.885 bits per heavy atom. The van der Waals surface area contributed by atoms with Gasteiger partial charge in [-0.05, 0) is 38.0 Å². The molecule has 3 heterocycles. The number of hydrogen-bond acceptors (Lipinski definition) is 5. The van der Waals surface area contributed by atoms with E-state index in [1.54, 1.807) is 0 Å². The number of aryl methyl sites for hydroxylation is 3. The van der Waals surface area contributed by atoms with Crippen molar-refractivity contribution in [2.45, 2.75) is 33.6 Å². The fraction of sp³-hybridized carbons (Fsp3) is 0.524. The van der Waals surface area contributed by atoms with Gasteiger partial charge in [-0.1, -0.05) is 12.1 Å². The molecule has 1 aromatic carbocycles. The summed E-state index contributed by atoms with van der Waals surface area (Å²) in [5.74, 6) is 2.01. The number of fused-ring (bicyclic) bond motifs is 1. The van der Waals surface area contributed by atoms with Crippen molar-refractivity contribution in [1.29, 1.82) is 0 Å². The quantitative estimate of drug-likeness (QED) is 0.831. The van der Waals surface area contributed by atoms with Crippen LogP contribution in [0.1, 0.15) is 28.2 Å². The molecule has 0 unspecified atom stereocenters. The third-order valence-corrected chi connectivity index (χ3v) is 5.45. The topological polar surface area (TPSA) is 41.5 Å². The Hall–Kier alpha value is -2.14. The lowest BCUT2D eigenvalue weighted by Crippen LogP contribution is -2.47. The summed E-state index contributed by atoms with van der Waals surface area (Å²) in [5, 5.41) is 0. The molecule has 0 bridgehead atoms. The molecule has 2 aliphatic heterocycles. The molecule has 0 N–H and O–H groups in total. The summed E-state index contributed by atoms with van der Waals surface area (Å²) in [4.78, 5) is 14.5. The molecule has 0 amide bonds. The zero-order valence-corrected chi connectivity index (χ0v) is 16.1. The molecule has 5 heteroatoms. The van der Waals surface area contributed by atoms with Crippen LogP contribution in [-0.2, 0) is 17.6 Å². The Balaban J connectivity index is 1.55. The Morgan fingerprint density at radius 3 is 2.42 bits per heavy atom. The predicted molar refractivity (Wildman–Crippen MR) is 105 cm³/mol. The van der Waals surface area contributed by atoms with Gasteiger partial charge in [-0.25, -0.2) is 9.97 Å². The number of hydrogen-bond donors (Lipinski definition) is 0. The van der Waals surface area contributed by atoms with E-state index in [1.807, 2.05) is 6.92 Å². The second-order valence-electron chi connectivity index (χ2n) is 7.40. The molecule has 0 saturated carbocycles. The maximum Gasteiger partial charge on any atom is 0.135 e. The molecule has 1 fully saturated rings. The largest absolute Gasteiger partial charge is 0.381 e. The van der Waals surface area contributed by atoms with Gasteiger partial charge in [0.15, 0.2) is 0 Å². The summed E-state index contributed by atoms with van der Waals surface area (Å²) >= 11 is 0. The SMILES string of the molecule is Cc1ccc(C)c(N2CCN(c3nc(C)nc4c3CCOCC4)CC2)c1. The van der Waals surface area contributed by atoms with E-state index >= 15 is 0 Å². The van der Waals surface area contributed by atoms with E-state index in [0.717, 1.165) is 63.9 Å². The van der Waals surface area contributed by atoms with E-state index in [0.29, 0.717) is 0 Å². The molecule has 4 rings (SSSR count). The van der Waals surface area contributed by atoms with E-state index in [1.165, 1.54) is 28.1 Å². The summed E-state index contributed by atoms with van der Waals surface area (Å²) in [5.41, 5.74) is 6.53. The molecule has 2 aliphatic rings. The highest BCUT2D eigenvalue weighted by atomic mass is 16.5. The first kappa shape index (κ1) is 17.3. The van der Waals surface area contributed by atoms with Crippen molar-refractivity contribution in [3.63, 3.8) is 0 Å². The Labute approximate surface area is 156 Å². The van der Waals surface area contributed by atoms with Crippen LogP contribution in [0.3, 0.4) is 0 Å². The number of anilines is 2. The van der Waals surface area contributed by atoms with Crippen LogP contribution in [0.4, 0.5) is 11.5 Å². The van der Waals surface area contributed by atoms with Gasteiger partial charge in [0, 0.05) is 50.3 Å². The number of nitrogens with zero attached hydrogens (tertiary/aromatic N) is 4. The van der Waals surface area contributed by atoms with Gasteiger partial charge in [-0.15, -0.1) is 0 Å². The van der Waals surface area contributed by atoms with Crippen molar-refractivity contribution < 1.29 is 4.74 Å². The lowest BCUT2D eigenvalue weighted by atomic mass is 10.1.